The molecule has 0 aliphatic rings. The van der Waals surface area contributed by atoms with E-state index in [2.05, 4.69) is 47.5 Å². The van der Waals surface area contributed by atoms with Crippen molar-refractivity contribution < 1.29 is 4.43 Å². The Labute approximate surface area is 119 Å². The van der Waals surface area contributed by atoms with Crippen molar-refractivity contribution >= 4 is 8.32 Å². The first kappa shape index (κ1) is 15.9. The van der Waals surface area contributed by atoms with Crippen LogP contribution in [0.3, 0.4) is 0 Å². The quantitative estimate of drug-likeness (QED) is 0.528. The predicted molar refractivity (Wildman–Crippen MR) is 86.1 cm³/mol. The minimum atomic E-state index is -1.85. The highest BCUT2D eigenvalue weighted by molar-refractivity contribution is 6.78. The van der Waals surface area contributed by atoms with Gasteiger partial charge in [0, 0.05) is 5.56 Å². The van der Waals surface area contributed by atoms with Crippen LogP contribution in [-0.2, 0) is 0 Å². The van der Waals surface area contributed by atoms with Crippen LogP contribution in [0.4, 0.5) is 0 Å². The highest BCUT2D eigenvalue weighted by atomic mass is 28.4. The molecular formula is C17H26OSi. The van der Waals surface area contributed by atoms with E-state index in [9.17, 15) is 0 Å². The molecule has 1 rings (SSSR count). The van der Waals surface area contributed by atoms with Gasteiger partial charge in [-0.25, -0.2) is 0 Å². The second kappa shape index (κ2) is 6.30. The summed E-state index contributed by atoms with van der Waals surface area (Å²) < 4.78 is 6.56. The van der Waals surface area contributed by atoms with Crippen LogP contribution >= 0.6 is 0 Å². The fourth-order valence-corrected chi connectivity index (χ4v) is 8.43. The van der Waals surface area contributed by atoms with Crippen molar-refractivity contribution in [3.63, 3.8) is 0 Å². The van der Waals surface area contributed by atoms with E-state index >= 15 is 0 Å². The van der Waals surface area contributed by atoms with Crippen LogP contribution in [-0.4, -0.2) is 8.32 Å². The van der Waals surface area contributed by atoms with Crippen LogP contribution in [0.5, 0.6) is 5.75 Å². The number of hydrogen-bond donors (Lipinski definition) is 0. The Balaban J connectivity index is 3.10. The third kappa shape index (κ3) is 3.22. The molecule has 1 aromatic carbocycles. The maximum atomic E-state index is 6.56. The van der Waals surface area contributed by atoms with Gasteiger partial charge in [0.1, 0.15) is 5.75 Å². The molecule has 0 aliphatic heterocycles. The van der Waals surface area contributed by atoms with Gasteiger partial charge >= 0.3 is 0 Å². The second-order valence-electron chi connectivity index (χ2n) is 6.09. The van der Waals surface area contributed by atoms with Gasteiger partial charge in [-0.3, -0.25) is 0 Å². The minimum absolute atomic E-state index is 0.583. The maximum Gasteiger partial charge on any atom is 0.258 e. The van der Waals surface area contributed by atoms with Crippen LogP contribution < -0.4 is 4.43 Å². The molecule has 1 aromatic rings. The van der Waals surface area contributed by atoms with Gasteiger partial charge in [-0.05, 0) is 40.9 Å². The molecule has 19 heavy (non-hydrogen) atoms. The number of rotatable bonds is 5. The van der Waals surface area contributed by atoms with E-state index in [0.717, 1.165) is 11.3 Å². The molecule has 1 nitrogen and oxygen atoms in total. The number of hydrogen-bond acceptors (Lipinski definition) is 1. The molecule has 0 spiro atoms. The Bertz CT molecular complexity index is 416. The van der Waals surface area contributed by atoms with E-state index in [1.165, 1.54) is 0 Å². The maximum absolute atomic E-state index is 6.56. The first-order valence-corrected chi connectivity index (χ1v) is 9.24. The van der Waals surface area contributed by atoms with Crippen molar-refractivity contribution in [2.75, 3.05) is 0 Å². The van der Waals surface area contributed by atoms with Crippen molar-refractivity contribution in [1.82, 2.24) is 0 Å². The summed E-state index contributed by atoms with van der Waals surface area (Å²) in [6.45, 7) is 13.8. The molecule has 0 aliphatic carbocycles. The standard InChI is InChI=1S/C17H26OSi/c1-8-16-9-11-17(12-10-16)18-19(13(2)3,14(4)5)15(6)7/h1,9-15H,2-7H3. The highest BCUT2D eigenvalue weighted by Gasteiger charge is 2.46. The number of terminal acetylenes is 1. The van der Waals surface area contributed by atoms with E-state index in [0.29, 0.717) is 16.6 Å². The van der Waals surface area contributed by atoms with Gasteiger partial charge in [-0.15, -0.1) is 6.42 Å². The Morgan fingerprint density at radius 1 is 0.895 bits per heavy atom. The molecule has 0 aromatic heterocycles. The van der Waals surface area contributed by atoms with Crippen molar-refractivity contribution in [3.8, 4) is 18.1 Å². The lowest BCUT2D eigenvalue weighted by atomic mass is 10.2. The van der Waals surface area contributed by atoms with Crippen LogP contribution in [0, 0.1) is 12.3 Å². The summed E-state index contributed by atoms with van der Waals surface area (Å²) in [6.07, 6.45) is 5.39. The van der Waals surface area contributed by atoms with Crippen LogP contribution in [0.1, 0.15) is 47.1 Å². The Kier molecular flexibility index (Phi) is 5.26. The van der Waals surface area contributed by atoms with Crippen LogP contribution in [0.15, 0.2) is 24.3 Å². The fraction of sp³-hybridized carbons (Fsp3) is 0.529. The third-order valence-corrected chi connectivity index (χ3v) is 10.0. The van der Waals surface area contributed by atoms with Crippen LogP contribution in [0.25, 0.3) is 0 Å². The molecule has 0 N–H and O–H groups in total. The smallest absolute Gasteiger partial charge is 0.258 e. The zero-order valence-corrected chi connectivity index (χ0v) is 14.0. The zero-order valence-electron chi connectivity index (χ0n) is 13.0. The normalized spacial score (nSPS) is 12.0. The largest absolute Gasteiger partial charge is 0.543 e. The van der Waals surface area contributed by atoms with Gasteiger partial charge in [0.25, 0.3) is 8.32 Å². The van der Waals surface area contributed by atoms with Gasteiger partial charge in [-0.1, -0.05) is 47.5 Å². The molecule has 0 amide bonds. The molecule has 0 saturated heterocycles. The third-order valence-electron chi connectivity index (χ3n) is 4.02. The van der Waals surface area contributed by atoms with E-state index in [1.807, 2.05) is 24.3 Å². The van der Waals surface area contributed by atoms with Gasteiger partial charge < -0.3 is 4.43 Å². The molecule has 104 valence electrons. The van der Waals surface area contributed by atoms with Crippen molar-refractivity contribution in [1.29, 1.82) is 0 Å². The average molecular weight is 274 g/mol. The Morgan fingerprint density at radius 2 is 1.32 bits per heavy atom. The lowest BCUT2D eigenvalue weighted by Crippen LogP contribution is -2.50. The van der Waals surface area contributed by atoms with Crippen molar-refractivity contribution in [3.05, 3.63) is 29.8 Å². The molecule has 0 fully saturated rings. The second-order valence-corrected chi connectivity index (χ2v) is 11.5. The van der Waals surface area contributed by atoms with Gasteiger partial charge in [0.15, 0.2) is 0 Å². The topological polar surface area (TPSA) is 9.23 Å². The van der Waals surface area contributed by atoms with E-state index in [-0.39, 0.29) is 0 Å². The first-order valence-electron chi connectivity index (χ1n) is 7.10. The molecule has 0 unspecified atom stereocenters. The molecule has 0 atom stereocenters. The van der Waals surface area contributed by atoms with E-state index in [1.54, 1.807) is 0 Å². The Morgan fingerprint density at radius 3 is 1.63 bits per heavy atom. The lowest BCUT2D eigenvalue weighted by Gasteiger charge is -2.42. The minimum Gasteiger partial charge on any atom is -0.543 e. The monoisotopic (exact) mass is 274 g/mol. The summed E-state index contributed by atoms with van der Waals surface area (Å²) in [5.74, 6) is 3.60. The SMILES string of the molecule is C#Cc1ccc(O[Si](C(C)C)(C(C)C)C(C)C)cc1. The van der Waals surface area contributed by atoms with Gasteiger partial charge in [0.05, 0.1) is 0 Å². The highest BCUT2D eigenvalue weighted by Crippen LogP contribution is 2.42. The first-order chi connectivity index (χ1) is 8.84. The van der Waals surface area contributed by atoms with Gasteiger partial charge in [0.2, 0.25) is 0 Å². The Hall–Kier alpha value is -1.20. The molecule has 0 heterocycles. The molecule has 2 heteroatoms. The average Bonchev–Trinajstić information content (AvgIpc) is 2.35. The predicted octanol–water partition coefficient (Wildman–Crippen LogP) is 5.22. The molecular weight excluding hydrogens is 248 g/mol. The summed E-state index contributed by atoms with van der Waals surface area (Å²) >= 11 is 0. The summed E-state index contributed by atoms with van der Waals surface area (Å²) in [7, 11) is -1.85. The zero-order chi connectivity index (χ0) is 14.6. The summed E-state index contributed by atoms with van der Waals surface area (Å²) in [5.41, 5.74) is 2.65. The summed E-state index contributed by atoms with van der Waals surface area (Å²) in [5, 5.41) is 0. The van der Waals surface area contributed by atoms with Gasteiger partial charge in [-0.2, -0.15) is 0 Å². The van der Waals surface area contributed by atoms with Crippen LogP contribution in [0.2, 0.25) is 16.6 Å². The number of benzene rings is 1. The fourth-order valence-electron chi connectivity index (χ4n) is 3.18. The molecule has 0 radical (unpaired) electrons. The molecule has 0 saturated carbocycles. The van der Waals surface area contributed by atoms with E-state index < -0.39 is 8.32 Å². The van der Waals surface area contributed by atoms with Crippen molar-refractivity contribution in [2.45, 2.75) is 58.2 Å². The molecule has 0 bridgehead atoms. The lowest BCUT2D eigenvalue weighted by molar-refractivity contribution is 0.480. The van der Waals surface area contributed by atoms with E-state index in [4.69, 9.17) is 10.8 Å². The summed E-state index contributed by atoms with van der Waals surface area (Å²) in [6, 6.07) is 7.92. The summed E-state index contributed by atoms with van der Waals surface area (Å²) in [4.78, 5) is 0. The van der Waals surface area contributed by atoms with Crippen molar-refractivity contribution in [2.24, 2.45) is 0 Å².